The highest BCUT2D eigenvalue weighted by molar-refractivity contribution is 5.88. The number of carbonyl (C=O) groups excluding carboxylic acids is 2. The van der Waals surface area contributed by atoms with Crippen LogP contribution in [0.1, 0.15) is 50.7 Å². The molecule has 1 heterocycles. The molecular formula is C21H33N3O2. The highest BCUT2D eigenvalue weighted by Gasteiger charge is 2.26. The normalized spacial score (nSPS) is 16.8. The van der Waals surface area contributed by atoms with E-state index < -0.39 is 0 Å². The van der Waals surface area contributed by atoms with Crippen molar-refractivity contribution in [2.45, 2.75) is 39.5 Å². The summed E-state index contributed by atoms with van der Waals surface area (Å²) >= 11 is 0. The first-order valence-electron chi connectivity index (χ1n) is 9.63. The molecule has 0 spiro atoms. The maximum Gasteiger partial charge on any atom is 0.242 e. The average Bonchev–Trinajstić information content (AvgIpc) is 2.60. The van der Waals surface area contributed by atoms with Crippen LogP contribution in [0.25, 0.3) is 0 Å². The van der Waals surface area contributed by atoms with E-state index in [0.717, 1.165) is 31.7 Å². The number of nitrogens with zero attached hydrogens (tertiary/aromatic N) is 2. The molecule has 2 rings (SSSR count). The van der Waals surface area contributed by atoms with Crippen LogP contribution in [-0.2, 0) is 9.59 Å². The Labute approximate surface area is 157 Å². The molecule has 1 aromatic rings. The zero-order chi connectivity index (χ0) is 19.3. The van der Waals surface area contributed by atoms with E-state index in [0.29, 0.717) is 5.92 Å². The van der Waals surface area contributed by atoms with Crippen LogP contribution in [0.15, 0.2) is 24.3 Å². The number of rotatable bonds is 6. The molecule has 1 N–H and O–H groups in total. The number of hydrogen-bond acceptors (Lipinski definition) is 3. The van der Waals surface area contributed by atoms with Crippen molar-refractivity contribution in [2.75, 3.05) is 39.8 Å². The molecular weight excluding hydrogens is 326 g/mol. The molecule has 1 aliphatic rings. The first kappa shape index (κ1) is 20.4. The third kappa shape index (κ3) is 5.31. The third-order valence-electron chi connectivity index (χ3n) is 5.18. The molecule has 1 saturated heterocycles. The Morgan fingerprint density at radius 1 is 0.962 bits per heavy atom. The summed E-state index contributed by atoms with van der Waals surface area (Å²) in [5.41, 5.74) is 2.27. The third-order valence-corrected chi connectivity index (χ3v) is 5.18. The SMILES string of the molecule is CC(C)c1ccc(C(C(=O)NCC(=O)N2CCN(C)CC2)C(C)C)cc1. The van der Waals surface area contributed by atoms with Crippen molar-refractivity contribution in [1.29, 1.82) is 0 Å². The topological polar surface area (TPSA) is 52.7 Å². The van der Waals surface area contributed by atoms with Crippen LogP contribution in [0.4, 0.5) is 0 Å². The molecule has 0 aliphatic carbocycles. The molecule has 2 amide bonds. The molecule has 0 aromatic heterocycles. The van der Waals surface area contributed by atoms with Crippen molar-refractivity contribution in [3.8, 4) is 0 Å². The van der Waals surface area contributed by atoms with Crippen LogP contribution in [-0.4, -0.2) is 61.4 Å². The lowest BCUT2D eigenvalue weighted by molar-refractivity contribution is -0.134. The minimum Gasteiger partial charge on any atom is -0.346 e. The van der Waals surface area contributed by atoms with Crippen molar-refractivity contribution in [3.05, 3.63) is 35.4 Å². The summed E-state index contributed by atoms with van der Waals surface area (Å²) in [6.07, 6.45) is 0. The van der Waals surface area contributed by atoms with Gasteiger partial charge in [-0.15, -0.1) is 0 Å². The van der Waals surface area contributed by atoms with Crippen molar-refractivity contribution >= 4 is 11.8 Å². The van der Waals surface area contributed by atoms with Gasteiger partial charge in [-0.3, -0.25) is 9.59 Å². The van der Waals surface area contributed by atoms with Gasteiger partial charge in [0.1, 0.15) is 0 Å². The standard InChI is InChI=1S/C21H33N3O2/c1-15(2)17-6-8-18(9-7-17)20(16(3)4)21(26)22-14-19(25)24-12-10-23(5)11-13-24/h6-9,15-16,20H,10-14H2,1-5H3,(H,22,26). The Bertz CT molecular complexity index is 602. The number of carbonyl (C=O) groups is 2. The Morgan fingerprint density at radius 3 is 2.00 bits per heavy atom. The predicted molar refractivity (Wildman–Crippen MR) is 105 cm³/mol. The van der Waals surface area contributed by atoms with E-state index in [-0.39, 0.29) is 30.2 Å². The van der Waals surface area contributed by atoms with E-state index in [2.05, 4.69) is 43.2 Å². The lowest BCUT2D eigenvalue weighted by Gasteiger charge is -2.32. The quantitative estimate of drug-likeness (QED) is 0.849. The van der Waals surface area contributed by atoms with E-state index in [1.807, 2.05) is 30.9 Å². The Kier molecular flexibility index (Phi) is 7.21. The van der Waals surface area contributed by atoms with Gasteiger partial charge < -0.3 is 15.1 Å². The summed E-state index contributed by atoms with van der Waals surface area (Å²) < 4.78 is 0. The maximum atomic E-state index is 12.8. The largest absolute Gasteiger partial charge is 0.346 e. The second-order valence-electron chi connectivity index (χ2n) is 7.94. The van der Waals surface area contributed by atoms with Gasteiger partial charge in [-0.2, -0.15) is 0 Å². The molecule has 1 unspecified atom stereocenters. The molecule has 0 saturated carbocycles. The number of benzene rings is 1. The van der Waals surface area contributed by atoms with Crippen LogP contribution in [0.3, 0.4) is 0 Å². The lowest BCUT2D eigenvalue weighted by atomic mass is 9.86. The van der Waals surface area contributed by atoms with Gasteiger partial charge in [0, 0.05) is 26.2 Å². The van der Waals surface area contributed by atoms with Crippen molar-refractivity contribution in [2.24, 2.45) is 5.92 Å². The predicted octanol–water partition coefficient (Wildman–Crippen LogP) is 2.44. The number of hydrogen-bond donors (Lipinski definition) is 1. The van der Waals surface area contributed by atoms with E-state index >= 15 is 0 Å². The minimum absolute atomic E-state index is 0.00381. The van der Waals surface area contributed by atoms with E-state index in [1.54, 1.807) is 0 Å². The molecule has 1 aliphatic heterocycles. The molecule has 144 valence electrons. The van der Waals surface area contributed by atoms with Crippen LogP contribution >= 0.6 is 0 Å². The second kappa shape index (κ2) is 9.17. The van der Waals surface area contributed by atoms with Gasteiger partial charge in [-0.05, 0) is 30.0 Å². The van der Waals surface area contributed by atoms with E-state index in [4.69, 9.17) is 0 Å². The highest BCUT2D eigenvalue weighted by Crippen LogP contribution is 2.26. The van der Waals surface area contributed by atoms with E-state index in [1.165, 1.54) is 5.56 Å². The van der Waals surface area contributed by atoms with E-state index in [9.17, 15) is 9.59 Å². The summed E-state index contributed by atoms with van der Waals surface area (Å²) in [6, 6.07) is 8.28. The summed E-state index contributed by atoms with van der Waals surface area (Å²) in [7, 11) is 2.06. The molecule has 1 aromatic carbocycles. The van der Waals surface area contributed by atoms with Crippen molar-refractivity contribution < 1.29 is 9.59 Å². The fraction of sp³-hybridized carbons (Fsp3) is 0.619. The summed E-state index contributed by atoms with van der Waals surface area (Å²) in [5, 5.41) is 2.86. The molecule has 0 radical (unpaired) electrons. The monoisotopic (exact) mass is 359 g/mol. The van der Waals surface area contributed by atoms with Gasteiger partial charge in [0.2, 0.25) is 11.8 Å². The van der Waals surface area contributed by atoms with Crippen molar-refractivity contribution in [3.63, 3.8) is 0 Å². The van der Waals surface area contributed by atoms with Crippen LogP contribution in [0.5, 0.6) is 0 Å². The Morgan fingerprint density at radius 2 is 1.50 bits per heavy atom. The van der Waals surface area contributed by atoms with Gasteiger partial charge in [0.05, 0.1) is 12.5 Å². The van der Waals surface area contributed by atoms with Gasteiger partial charge in [0.15, 0.2) is 0 Å². The highest BCUT2D eigenvalue weighted by atomic mass is 16.2. The number of likely N-dealkylation sites (N-methyl/N-ethyl adjacent to an activating group) is 1. The smallest absolute Gasteiger partial charge is 0.242 e. The maximum absolute atomic E-state index is 12.8. The molecule has 0 bridgehead atoms. The first-order valence-corrected chi connectivity index (χ1v) is 9.63. The second-order valence-corrected chi connectivity index (χ2v) is 7.94. The molecule has 5 nitrogen and oxygen atoms in total. The molecule has 5 heteroatoms. The molecule has 1 fully saturated rings. The summed E-state index contributed by atoms with van der Waals surface area (Å²) in [5.74, 6) is 0.329. The van der Waals surface area contributed by atoms with Crippen molar-refractivity contribution in [1.82, 2.24) is 15.1 Å². The first-order chi connectivity index (χ1) is 12.3. The lowest BCUT2D eigenvalue weighted by Crippen LogP contribution is -2.50. The zero-order valence-corrected chi connectivity index (χ0v) is 16.8. The molecule has 1 atom stereocenters. The summed E-state index contributed by atoms with van der Waals surface area (Å²) in [6.45, 7) is 11.7. The van der Waals surface area contributed by atoms with Crippen LogP contribution in [0, 0.1) is 5.92 Å². The zero-order valence-electron chi connectivity index (χ0n) is 16.8. The Hall–Kier alpha value is -1.88. The van der Waals surface area contributed by atoms with Gasteiger partial charge >= 0.3 is 0 Å². The fourth-order valence-electron chi connectivity index (χ4n) is 3.37. The Balaban J connectivity index is 1.96. The van der Waals surface area contributed by atoms with Crippen LogP contribution in [0.2, 0.25) is 0 Å². The number of piperazine rings is 1. The van der Waals surface area contributed by atoms with Crippen LogP contribution < -0.4 is 5.32 Å². The minimum atomic E-state index is -0.239. The van der Waals surface area contributed by atoms with Gasteiger partial charge in [0.25, 0.3) is 0 Å². The van der Waals surface area contributed by atoms with Gasteiger partial charge in [-0.1, -0.05) is 52.0 Å². The summed E-state index contributed by atoms with van der Waals surface area (Å²) in [4.78, 5) is 29.1. The fourth-order valence-corrected chi connectivity index (χ4v) is 3.37. The average molecular weight is 360 g/mol. The number of amides is 2. The number of nitrogens with one attached hydrogen (secondary N) is 1. The van der Waals surface area contributed by atoms with Gasteiger partial charge in [-0.25, -0.2) is 0 Å². The molecule has 26 heavy (non-hydrogen) atoms.